The summed E-state index contributed by atoms with van der Waals surface area (Å²) in [6.07, 6.45) is 0.659. The lowest BCUT2D eigenvalue weighted by Crippen LogP contribution is -2.47. The van der Waals surface area contributed by atoms with Crippen LogP contribution in [0.2, 0.25) is 0 Å². The molecule has 29 heavy (non-hydrogen) atoms. The van der Waals surface area contributed by atoms with Crippen molar-refractivity contribution in [3.05, 3.63) is 35.4 Å². The van der Waals surface area contributed by atoms with Crippen LogP contribution >= 0.6 is 0 Å². The van der Waals surface area contributed by atoms with Gasteiger partial charge in [0, 0.05) is 38.8 Å². The van der Waals surface area contributed by atoms with Crippen LogP contribution in [0.5, 0.6) is 0 Å². The first-order chi connectivity index (χ1) is 13.6. The maximum atomic E-state index is 13.6. The minimum atomic E-state index is -5.29. The second-order valence-corrected chi connectivity index (χ2v) is 8.55. The van der Waals surface area contributed by atoms with Gasteiger partial charge in [-0.2, -0.15) is 17.5 Å². The standard InChI is InChI=1S/C17H23F5N4O2S/c1-23-16(24-8-5-13-14(18)3-2-4-15(13)19)25-11-12-6-9-26(10-7-12)29(27,28)17(20,21)22/h2-4,12H,5-11H2,1H3,(H2,23,24,25). The molecule has 0 atom stereocenters. The molecule has 6 nitrogen and oxygen atoms in total. The first-order valence-electron chi connectivity index (χ1n) is 9.00. The van der Waals surface area contributed by atoms with Gasteiger partial charge in [0.1, 0.15) is 11.6 Å². The predicted octanol–water partition coefficient (Wildman–Crippen LogP) is 2.23. The Morgan fingerprint density at radius 3 is 2.28 bits per heavy atom. The molecule has 0 amide bonds. The van der Waals surface area contributed by atoms with E-state index in [2.05, 4.69) is 15.6 Å². The predicted molar refractivity (Wildman–Crippen MR) is 98.7 cm³/mol. The Labute approximate surface area is 166 Å². The fourth-order valence-corrected chi connectivity index (χ4v) is 4.02. The molecule has 1 saturated heterocycles. The van der Waals surface area contributed by atoms with Gasteiger partial charge >= 0.3 is 15.5 Å². The van der Waals surface area contributed by atoms with Crippen LogP contribution in [0.4, 0.5) is 22.0 Å². The van der Waals surface area contributed by atoms with Crippen LogP contribution in [0.15, 0.2) is 23.2 Å². The number of halogens is 5. The summed E-state index contributed by atoms with van der Waals surface area (Å²) in [4.78, 5) is 3.99. The van der Waals surface area contributed by atoms with Gasteiger partial charge in [-0.1, -0.05) is 6.07 Å². The van der Waals surface area contributed by atoms with Crippen LogP contribution in [0.3, 0.4) is 0 Å². The zero-order valence-electron chi connectivity index (χ0n) is 15.8. The number of hydrogen-bond donors (Lipinski definition) is 2. The molecular formula is C17H23F5N4O2S. The molecule has 0 radical (unpaired) electrons. The van der Waals surface area contributed by atoms with Gasteiger partial charge in [0.25, 0.3) is 0 Å². The van der Waals surface area contributed by atoms with E-state index in [0.717, 1.165) is 0 Å². The van der Waals surface area contributed by atoms with Gasteiger partial charge < -0.3 is 10.6 Å². The summed E-state index contributed by atoms with van der Waals surface area (Å²) in [5.41, 5.74) is -5.32. The Morgan fingerprint density at radius 1 is 1.17 bits per heavy atom. The lowest BCUT2D eigenvalue weighted by Gasteiger charge is -2.31. The first kappa shape index (κ1) is 23.3. The SMILES string of the molecule is CN=C(NCCc1c(F)cccc1F)NCC1CCN(S(=O)(=O)C(F)(F)F)CC1. The summed E-state index contributed by atoms with van der Waals surface area (Å²) < 4.78 is 88.3. The van der Waals surface area contributed by atoms with Crippen molar-refractivity contribution in [2.24, 2.45) is 10.9 Å². The zero-order valence-corrected chi connectivity index (χ0v) is 16.6. The van der Waals surface area contributed by atoms with Crippen molar-refractivity contribution in [1.82, 2.24) is 14.9 Å². The van der Waals surface area contributed by atoms with Crippen molar-refractivity contribution in [1.29, 1.82) is 0 Å². The highest BCUT2D eigenvalue weighted by atomic mass is 32.2. The number of aliphatic imine (C=N–C) groups is 1. The number of nitrogens with one attached hydrogen (secondary N) is 2. The smallest absolute Gasteiger partial charge is 0.356 e. The third-order valence-electron chi connectivity index (χ3n) is 4.72. The van der Waals surface area contributed by atoms with Crippen LogP contribution in [-0.4, -0.2) is 57.4 Å². The van der Waals surface area contributed by atoms with E-state index < -0.39 is 27.2 Å². The number of sulfonamides is 1. The van der Waals surface area contributed by atoms with Crippen molar-refractivity contribution >= 4 is 16.0 Å². The second kappa shape index (κ2) is 9.70. The molecule has 12 heteroatoms. The molecule has 2 N–H and O–H groups in total. The molecule has 1 aliphatic heterocycles. The van der Waals surface area contributed by atoms with Gasteiger partial charge in [0.2, 0.25) is 0 Å². The molecule has 1 aliphatic rings. The summed E-state index contributed by atoms with van der Waals surface area (Å²) in [6.45, 7) is 0.201. The molecule has 2 rings (SSSR count). The molecule has 164 valence electrons. The van der Waals surface area contributed by atoms with Gasteiger partial charge in [-0.3, -0.25) is 4.99 Å². The number of alkyl halides is 3. The molecule has 1 heterocycles. The lowest BCUT2D eigenvalue weighted by atomic mass is 9.98. The van der Waals surface area contributed by atoms with Gasteiger partial charge in [-0.25, -0.2) is 17.2 Å². The highest BCUT2D eigenvalue weighted by molar-refractivity contribution is 7.90. The number of nitrogens with zero attached hydrogens (tertiary/aromatic N) is 2. The van der Waals surface area contributed by atoms with Gasteiger partial charge in [0.15, 0.2) is 5.96 Å². The largest absolute Gasteiger partial charge is 0.511 e. The molecule has 1 fully saturated rings. The van der Waals surface area contributed by atoms with Crippen molar-refractivity contribution in [3.8, 4) is 0 Å². The van der Waals surface area contributed by atoms with E-state index in [-0.39, 0.29) is 50.4 Å². The van der Waals surface area contributed by atoms with E-state index in [0.29, 0.717) is 16.8 Å². The average Bonchev–Trinajstić information content (AvgIpc) is 2.66. The summed E-state index contributed by atoms with van der Waals surface area (Å²) in [7, 11) is -3.78. The Hall–Kier alpha value is -1.95. The lowest BCUT2D eigenvalue weighted by molar-refractivity contribution is -0.0496. The Bertz CT molecular complexity index is 801. The summed E-state index contributed by atoms with van der Waals surface area (Å²) >= 11 is 0. The topological polar surface area (TPSA) is 73.8 Å². The van der Waals surface area contributed by atoms with Crippen LogP contribution in [0.25, 0.3) is 0 Å². The maximum Gasteiger partial charge on any atom is 0.511 e. The molecule has 0 spiro atoms. The third kappa shape index (κ3) is 6.01. The van der Waals surface area contributed by atoms with Crippen LogP contribution in [0, 0.1) is 17.6 Å². The van der Waals surface area contributed by atoms with Crippen LogP contribution < -0.4 is 10.6 Å². The molecular weight excluding hydrogens is 419 g/mol. The number of benzene rings is 1. The van der Waals surface area contributed by atoms with Crippen molar-refractivity contribution < 1.29 is 30.4 Å². The molecule has 1 aromatic carbocycles. The number of hydrogen-bond acceptors (Lipinski definition) is 3. The zero-order chi connectivity index (χ0) is 21.7. The summed E-state index contributed by atoms with van der Waals surface area (Å²) in [6, 6.07) is 3.64. The molecule has 0 aliphatic carbocycles. The molecule has 0 unspecified atom stereocenters. The number of rotatable bonds is 6. The quantitative estimate of drug-likeness (QED) is 0.403. The third-order valence-corrected chi connectivity index (χ3v) is 6.35. The second-order valence-electron chi connectivity index (χ2n) is 6.62. The summed E-state index contributed by atoms with van der Waals surface area (Å²) in [5, 5.41) is 5.91. The van der Waals surface area contributed by atoms with E-state index in [1.807, 2.05) is 0 Å². The average molecular weight is 442 g/mol. The number of guanidine groups is 1. The van der Waals surface area contributed by atoms with Crippen molar-refractivity contribution in [2.75, 3.05) is 33.2 Å². The molecule has 0 aromatic heterocycles. The molecule has 1 aromatic rings. The van der Waals surface area contributed by atoms with Gasteiger partial charge in [-0.05, 0) is 37.3 Å². The van der Waals surface area contributed by atoms with E-state index in [9.17, 15) is 30.4 Å². The van der Waals surface area contributed by atoms with Gasteiger partial charge in [0.05, 0.1) is 0 Å². The highest BCUT2D eigenvalue weighted by Crippen LogP contribution is 2.30. The first-order valence-corrected chi connectivity index (χ1v) is 10.4. The van der Waals surface area contributed by atoms with Crippen molar-refractivity contribution in [3.63, 3.8) is 0 Å². The molecule has 0 bridgehead atoms. The highest BCUT2D eigenvalue weighted by Gasteiger charge is 2.50. The minimum absolute atomic E-state index is 0.0303. The minimum Gasteiger partial charge on any atom is -0.356 e. The number of piperidine rings is 1. The van der Waals surface area contributed by atoms with Crippen LogP contribution in [-0.2, 0) is 16.4 Å². The molecule has 0 saturated carbocycles. The maximum absolute atomic E-state index is 13.6. The van der Waals surface area contributed by atoms with E-state index in [1.165, 1.54) is 25.2 Å². The fraction of sp³-hybridized carbons (Fsp3) is 0.588. The Balaban J connectivity index is 1.77. The summed E-state index contributed by atoms with van der Waals surface area (Å²) in [5.74, 6) is -0.907. The van der Waals surface area contributed by atoms with Crippen molar-refractivity contribution in [2.45, 2.75) is 24.8 Å². The van der Waals surface area contributed by atoms with E-state index in [1.54, 1.807) is 0 Å². The monoisotopic (exact) mass is 442 g/mol. The Morgan fingerprint density at radius 2 is 1.76 bits per heavy atom. The normalized spacial score (nSPS) is 17.4. The van der Waals surface area contributed by atoms with Crippen LogP contribution in [0.1, 0.15) is 18.4 Å². The van der Waals surface area contributed by atoms with E-state index >= 15 is 0 Å². The fourth-order valence-electron chi connectivity index (χ4n) is 3.04. The Kier molecular flexibility index (Phi) is 7.80. The van der Waals surface area contributed by atoms with E-state index in [4.69, 9.17) is 0 Å². The van der Waals surface area contributed by atoms with Gasteiger partial charge in [-0.15, -0.1) is 0 Å².